The van der Waals surface area contributed by atoms with Gasteiger partial charge in [0, 0.05) is 11.7 Å². The minimum absolute atomic E-state index is 0.104. The summed E-state index contributed by atoms with van der Waals surface area (Å²) in [5.41, 5.74) is 4.72. The van der Waals surface area contributed by atoms with Crippen LogP contribution in [0.3, 0.4) is 0 Å². The molecular weight excluding hydrogens is 262 g/mol. The number of anilines is 2. The maximum absolute atomic E-state index is 11.8. The molecule has 1 amide bonds. The number of aromatic nitrogens is 1. The van der Waals surface area contributed by atoms with Gasteiger partial charge in [-0.15, -0.1) is 0 Å². The van der Waals surface area contributed by atoms with Gasteiger partial charge in [0.15, 0.2) is 0 Å². The van der Waals surface area contributed by atoms with Crippen LogP contribution in [0.5, 0.6) is 0 Å². The third-order valence-electron chi connectivity index (χ3n) is 2.93. The van der Waals surface area contributed by atoms with Crippen molar-refractivity contribution >= 4 is 17.3 Å². The molecule has 1 heterocycles. The summed E-state index contributed by atoms with van der Waals surface area (Å²) in [5, 5.41) is 6.12. The predicted octanol–water partition coefficient (Wildman–Crippen LogP) is 3.58. The molecule has 0 spiro atoms. The second-order valence-electron chi connectivity index (χ2n) is 5.56. The summed E-state index contributed by atoms with van der Waals surface area (Å²) < 4.78 is 0. The maximum atomic E-state index is 11.8. The van der Waals surface area contributed by atoms with Crippen molar-refractivity contribution < 1.29 is 4.79 Å². The summed E-state index contributed by atoms with van der Waals surface area (Å²) in [5.74, 6) is -0.150. The molecule has 0 atom stereocenters. The van der Waals surface area contributed by atoms with Gasteiger partial charge in [0.05, 0.1) is 11.9 Å². The van der Waals surface area contributed by atoms with Crippen molar-refractivity contribution in [1.82, 2.24) is 10.3 Å². The van der Waals surface area contributed by atoms with E-state index in [0.717, 1.165) is 11.4 Å². The van der Waals surface area contributed by atoms with Crippen LogP contribution in [0.25, 0.3) is 0 Å². The zero-order chi connectivity index (χ0) is 15.4. The standard InChI is InChI=1S/C17H21N3O/c1-11(2)19-17(21)16-6-5-14(10-18-16)20-15-8-12(3)7-13(4)9-15/h5-11,20H,1-4H3,(H,19,21). The van der Waals surface area contributed by atoms with Crippen molar-refractivity contribution in [3.05, 3.63) is 53.3 Å². The van der Waals surface area contributed by atoms with E-state index in [0.29, 0.717) is 5.69 Å². The van der Waals surface area contributed by atoms with E-state index < -0.39 is 0 Å². The summed E-state index contributed by atoms with van der Waals surface area (Å²) in [6, 6.07) is 9.97. The van der Waals surface area contributed by atoms with Crippen LogP contribution in [-0.4, -0.2) is 16.9 Å². The Morgan fingerprint density at radius 3 is 2.24 bits per heavy atom. The highest BCUT2D eigenvalue weighted by Gasteiger charge is 2.08. The number of benzene rings is 1. The van der Waals surface area contributed by atoms with Gasteiger partial charge in [-0.05, 0) is 63.1 Å². The molecule has 0 unspecified atom stereocenters. The lowest BCUT2D eigenvalue weighted by Gasteiger charge is -2.10. The fraction of sp³-hybridized carbons (Fsp3) is 0.294. The SMILES string of the molecule is Cc1cc(C)cc(Nc2ccc(C(=O)NC(C)C)nc2)c1. The van der Waals surface area contributed by atoms with Gasteiger partial charge in [-0.1, -0.05) is 6.07 Å². The van der Waals surface area contributed by atoms with Crippen LogP contribution in [0.4, 0.5) is 11.4 Å². The van der Waals surface area contributed by atoms with Gasteiger partial charge < -0.3 is 10.6 Å². The Labute approximate surface area is 125 Å². The average Bonchev–Trinajstić information content (AvgIpc) is 2.37. The first-order valence-electron chi connectivity index (χ1n) is 7.06. The Bertz CT molecular complexity index is 613. The molecular formula is C17H21N3O. The van der Waals surface area contributed by atoms with Crippen LogP contribution >= 0.6 is 0 Å². The van der Waals surface area contributed by atoms with Crippen molar-refractivity contribution in [1.29, 1.82) is 0 Å². The molecule has 0 aliphatic carbocycles. The highest BCUT2D eigenvalue weighted by atomic mass is 16.1. The van der Waals surface area contributed by atoms with Crippen molar-refractivity contribution in [3.8, 4) is 0 Å². The van der Waals surface area contributed by atoms with E-state index in [2.05, 4.69) is 47.7 Å². The molecule has 0 aliphatic rings. The first kappa shape index (κ1) is 15.0. The van der Waals surface area contributed by atoms with E-state index in [9.17, 15) is 4.79 Å². The lowest BCUT2D eigenvalue weighted by molar-refractivity contribution is 0.0938. The number of carbonyl (C=O) groups is 1. The minimum Gasteiger partial charge on any atom is -0.354 e. The fourth-order valence-electron chi connectivity index (χ4n) is 2.15. The molecule has 4 nitrogen and oxygen atoms in total. The molecule has 0 fully saturated rings. The van der Waals surface area contributed by atoms with Crippen LogP contribution in [0.15, 0.2) is 36.5 Å². The van der Waals surface area contributed by atoms with Gasteiger partial charge in [0.1, 0.15) is 5.69 Å². The smallest absolute Gasteiger partial charge is 0.270 e. The summed E-state index contributed by atoms with van der Waals surface area (Å²) in [6.07, 6.45) is 1.67. The number of hydrogen-bond acceptors (Lipinski definition) is 3. The Balaban J connectivity index is 2.10. The van der Waals surface area contributed by atoms with Crippen LogP contribution in [0.2, 0.25) is 0 Å². The molecule has 4 heteroatoms. The van der Waals surface area contributed by atoms with Gasteiger partial charge in [0.2, 0.25) is 0 Å². The number of aryl methyl sites for hydroxylation is 2. The molecule has 0 aliphatic heterocycles. The molecule has 110 valence electrons. The second kappa shape index (κ2) is 6.39. The minimum atomic E-state index is -0.150. The topological polar surface area (TPSA) is 54.0 Å². The lowest BCUT2D eigenvalue weighted by atomic mass is 10.1. The number of hydrogen-bond donors (Lipinski definition) is 2. The molecule has 0 saturated carbocycles. The van der Waals surface area contributed by atoms with Crippen molar-refractivity contribution in [2.24, 2.45) is 0 Å². The van der Waals surface area contributed by atoms with Crippen molar-refractivity contribution in [2.75, 3.05) is 5.32 Å². The summed E-state index contributed by atoms with van der Waals surface area (Å²) >= 11 is 0. The molecule has 1 aromatic heterocycles. The monoisotopic (exact) mass is 283 g/mol. The zero-order valence-electron chi connectivity index (χ0n) is 12.9. The summed E-state index contributed by atoms with van der Waals surface area (Å²) in [4.78, 5) is 16.0. The average molecular weight is 283 g/mol. The summed E-state index contributed by atoms with van der Waals surface area (Å²) in [7, 11) is 0. The van der Waals surface area contributed by atoms with E-state index in [1.165, 1.54) is 11.1 Å². The Kier molecular flexibility index (Phi) is 4.58. The second-order valence-corrected chi connectivity index (χ2v) is 5.56. The molecule has 0 bridgehead atoms. The van der Waals surface area contributed by atoms with Gasteiger partial charge in [-0.25, -0.2) is 4.98 Å². The lowest BCUT2D eigenvalue weighted by Crippen LogP contribution is -2.30. The predicted molar refractivity (Wildman–Crippen MR) is 86.0 cm³/mol. The molecule has 2 N–H and O–H groups in total. The third-order valence-corrected chi connectivity index (χ3v) is 2.93. The van der Waals surface area contributed by atoms with E-state index in [1.54, 1.807) is 12.3 Å². The first-order valence-corrected chi connectivity index (χ1v) is 7.06. The number of nitrogens with zero attached hydrogens (tertiary/aromatic N) is 1. The maximum Gasteiger partial charge on any atom is 0.270 e. The van der Waals surface area contributed by atoms with E-state index >= 15 is 0 Å². The van der Waals surface area contributed by atoms with Gasteiger partial charge in [0.25, 0.3) is 5.91 Å². The zero-order valence-corrected chi connectivity index (χ0v) is 12.9. The van der Waals surface area contributed by atoms with Gasteiger partial charge in [-0.2, -0.15) is 0 Å². The van der Waals surface area contributed by atoms with Gasteiger partial charge in [-0.3, -0.25) is 4.79 Å². The normalized spacial score (nSPS) is 10.5. The molecule has 1 aromatic carbocycles. The van der Waals surface area contributed by atoms with E-state index in [4.69, 9.17) is 0 Å². The van der Waals surface area contributed by atoms with Gasteiger partial charge >= 0.3 is 0 Å². The molecule has 2 rings (SSSR count). The number of rotatable bonds is 4. The molecule has 0 radical (unpaired) electrons. The molecule has 0 saturated heterocycles. The van der Waals surface area contributed by atoms with Crippen LogP contribution < -0.4 is 10.6 Å². The quantitative estimate of drug-likeness (QED) is 0.901. The van der Waals surface area contributed by atoms with Crippen molar-refractivity contribution in [3.63, 3.8) is 0 Å². The molecule has 2 aromatic rings. The first-order chi connectivity index (χ1) is 9.94. The number of nitrogens with one attached hydrogen (secondary N) is 2. The van der Waals surface area contributed by atoms with Crippen LogP contribution in [-0.2, 0) is 0 Å². The Morgan fingerprint density at radius 2 is 1.71 bits per heavy atom. The fourth-order valence-corrected chi connectivity index (χ4v) is 2.15. The van der Waals surface area contributed by atoms with E-state index in [-0.39, 0.29) is 11.9 Å². The Morgan fingerprint density at radius 1 is 1.05 bits per heavy atom. The third kappa shape index (κ3) is 4.31. The number of amides is 1. The Hall–Kier alpha value is -2.36. The number of carbonyl (C=O) groups excluding carboxylic acids is 1. The number of pyridine rings is 1. The highest BCUT2D eigenvalue weighted by molar-refractivity contribution is 5.92. The van der Waals surface area contributed by atoms with E-state index in [1.807, 2.05) is 19.9 Å². The molecule has 21 heavy (non-hydrogen) atoms. The summed E-state index contributed by atoms with van der Waals surface area (Å²) in [6.45, 7) is 7.98. The van der Waals surface area contributed by atoms with Crippen LogP contribution in [0, 0.1) is 13.8 Å². The van der Waals surface area contributed by atoms with Crippen molar-refractivity contribution in [2.45, 2.75) is 33.7 Å². The largest absolute Gasteiger partial charge is 0.354 e. The highest BCUT2D eigenvalue weighted by Crippen LogP contribution is 2.19. The van der Waals surface area contributed by atoms with Crippen LogP contribution in [0.1, 0.15) is 35.5 Å².